The Hall–Kier alpha value is -2.83. The summed E-state index contributed by atoms with van der Waals surface area (Å²) in [6.07, 6.45) is 5.34. The topological polar surface area (TPSA) is 87.7 Å². The van der Waals surface area contributed by atoms with Crippen molar-refractivity contribution >= 4 is 23.5 Å². The summed E-state index contributed by atoms with van der Waals surface area (Å²) in [5.74, 6) is -0.0942. The number of para-hydroxylation sites is 2. The minimum absolute atomic E-state index is 0.135. The number of likely N-dealkylation sites (tertiary alicyclic amines) is 1. The summed E-state index contributed by atoms with van der Waals surface area (Å²) in [5, 5.41) is 5.40. The van der Waals surface area contributed by atoms with Crippen LogP contribution in [0, 0.1) is 23.7 Å². The first-order valence-corrected chi connectivity index (χ1v) is 9.27. The van der Waals surface area contributed by atoms with Gasteiger partial charge in [-0.25, -0.2) is 4.79 Å². The number of carbonyl (C=O) groups is 3. The van der Waals surface area contributed by atoms with E-state index in [1.807, 2.05) is 0 Å². The van der Waals surface area contributed by atoms with Crippen LogP contribution in [0.5, 0.6) is 5.75 Å². The van der Waals surface area contributed by atoms with Crippen LogP contribution in [0.4, 0.5) is 10.5 Å². The van der Waals surface area contributed by atoms with Crippen molar-refractivity contribution in [1.29, 1.82) is 0 Å². The number of ether oxygens (including phenoxy) is 1. The summed E-state index contributed by atoms with van der Waals surface area (Å²) in [4.78, 5) is 39.4. The Morgan fingerprint density at radius 3 is 2.26 bits per heavy atom. The number of urea groups is 1. The van der Waals surface area contributed by atoms with Crippen LogP contribution < -0.4 is 15.4 Å². The predicted octanol–water partition coefficient (Wildman–Crippen LogP) is 2.36. The third kappa shape index (κ3) is 2.87. The van der Waals surface area contributed by atoms with Crippen LogP contribution in [0.1, 0.15) is 19.8 Å². The van der Waals surface area contributed by atoms with Crippen LogP contribution in [0.25, 0.3) is 0 Å². The fraction of sp³-hybridized carbons (Fsp3) is 0.450. The molecule has 2 bridgehead atoms. The molecule has 5 rings (SSSR count). The first-order chi connectivity index (χ1) is 13.0. The number of hydrogen-bond acceptors (Lipinski definition) is 4. The number of nitrogens with zero attached hydrogens (tertiary/aromatic N) is 1. The number of benzene rings is 1. The lowest BCUT2D eigenvalue weighted by Gasteiger charge is -2.38. The molecule has 0 aromatic heterocycles. The minimum Gasteiger partial charge on any atom is -0.495 e. The van der Waals surface area contributed by atoms with Gasteiger partial charge in [-0.15, -0.1) is 0 Å². The number of rotatable bonds is 4. The lowest BCUT2D eigenvalue weighted by molar-refractivity contribution is -0.142. The fourth-order valence-corrected chi connectivity index (χ4v) is 4.64. The molecule has 2 fully saturated rings. The van der Waals surface area contributed by atoms with E-state index >= 15 is 0 Å². The Morgan fingerprint density at radius 1 is 1.11 bits per heavy atom. The van der Waals surface area contributed by atoms with Gasteiger partial charge in [-0.2, -0.15) is 0 Å². The number of allylic oxidation sites excluding steroid dienone is 2. The van der Waals surface area contributed by atoms with Crippen molar-refractivity contribution in [3.05, 3.63) is 36.4 Å². The van der Waals surface area contributed by atoms with E-state index < -0.39 is 12.2 Å². The Balaban J connectivity index is 1.45. The first-order valence-electron chi connectivity index (χ1n) is 9.27. The first kappa shape index (κ1) is 17.6. The standard InChI is InChI=1S/C20H23N3O4/c1-11(21-20(26)22-14-5-3-4-6-15(14)27-2)23-18(24)16-12-7-8-13(10-9-12)17(16)19(23)25/h3-8,11-13,16-17H,9-10H2,1-2H3,(H2,21,22,26)/t11-,12+,13+,16-,17+/m1/s1. The average molecular weight is 369 g/mol. The van der Waals surface area contributed by atoms with Crippen LogP contribution in [-0.2, 0) is 9.59 Å². The number of methoxy groups -OCH3 is 1. The lowest BCUT2D eigenvalue weighted by atomic mass is 9.63. The van der Waals surface area contributed by atoms with Gasteiger partial charge < -0.3 is 15.4 Å². The maximum atomic E-state index is 12.9. The second kappa shape index (κ2) is 6.72. The van der Waals surface area contributed by atoms with E-state index in [9.17, 15) is 14.4 Å². The molecule has 5 atom stereocenters. The molecule has 27 heavy (non-hydrogen) atoms. The van der Waals surface area contributed by atoms with Crippen molar-refractivity contribution in [2.45, 2.75) is 25.9 Å². The molecule has 0 radical (unpaired) electrons. The fourth-order valence-electron chi connectivity index (χ4n) is 4.64. The molecule has 0 spiro atoms. The molecule has 0 unspecified atom stereocenters. The number of imide groups is 1. The molecule has 3 aliphatic carbocycles. The highest BCUT2D eigenvalue weighted by molar-refractivity contribution is 6.06. The van der Waals surface area contributed by atoms with Gasteiger partial charge in [-0.1, -0.05) is 24.3 Å². The zero-order chi connectivity index (χ0) is 19.1. The molecule has 1 aromatic carbocycles. The number of fused-ring (bicyclic) bond motifs is 1. The van der Waals surface area contributed by atoms with Gasteiger partial charge >= 0.3 is 6.03 Å². The molecule has 7 nitrogen and oxygen atoms in total. The number of nitrogens with one attached hydrogen (secondary N) is 2. The highest BCUT2D eigenvalue weighted by Crippen LogP contribution is 2.49. The summed E-state index contributed by atoms with van der Waals surface area (Å²) in [5.41, 5.74) is 0.514. The SMILES string of the molecule is COc1ccccc1NC(=O)N[C@@H](C)N1C(=O)[C@@H]2[C@H](C1=O)[C@H]1C=C[C@H]2CC1. The number of amides is 4. The highest BCUT2D eigenvalue weighted by Gasteiger charge is 2.57. The van der Waals surface area contributed by atoms with E-state index in [0.29, 0.717) is 11.4 Å². The molecular weight excluding hydrogens is 346 g/mol. The number of hydrogen-bond donors (Lipinski definition) is 2. The third-order valence-corrected chi connectivity index (χ3v) is 5.88. The average Bonchev–Trinajstić information content (AvgIpc) is 2.96. The monoisotopic (exact) mass is 369 g/mol. The molecule has 1 heterocycles. The molecule has 2 N–H and O–H groups in total. The van der Waals surface area contributed by atoms with Gasteiger partial charge in [0.15, 0.2) is 0 Å². The Bertz CT molecular complexity index is 789. The normalized spacial score (nSPS) is 29.5. The van der Waals surface area contributed by atoms with Crippen molar-refractivity contribution < 1.29 is 19.1 Å². The molecule has 1 aliphatic heterocycles. The molecule has 1 saturated heterocycles. The molecule has 1 saturated carbocycles. The molecule has 4 amide bonds. The minimum atomic E-state index is -0.718. The molecule has 1 aromatic rings. The number of anilines is 1. The van der Waals surface area contributed by atoms with Crippen LogP contribution in [0.15, 0.2) is 36.4 Å². The van der Waals surface area contributed by atoms with E-state index in [1.165, 1.54) is 12.0 Å². The van der Waals surface area contributed by atoms with Gasteiger partial charge in [-0.3, -0.25) is 14.5 Å². The van der Waals surface area contributed by atoms with Crippen LogP contribution in [0.2, 0.25) is 0 Å². The second-order valence-corrected chi connectivity index (χ2v) is 7.36. The summed E-state index contributed by atoms with van der Waals surface area (Å²) >= 11 is 0. The second-order valence-electron chi connectivity index (χ2n) is 7.36. The largest absolute Gasteiger partial charge is 0.495 e. The highest BCUT2D eigenvalue weighted by atomic mass is 16.5. The summed E-state index contributed by atoms with van der Waals surface area (Å²) in [7, 11) is 1.52. The van der Waals surface area contributed by atoms with E-state index in [0.717, 1.165) is 12.8 Å². The van der Waals surface area contributed by atoms with E-state index in [2.05, 4.69) is 22.8 Å². The predicted molar refractivity (Wildman–Crippen MR) is 98.8 cm³/mol. The van der Waals surface area contributed by atoms with Crippen molar-refractivity contribution in [2.24, 2.45) is 23.7 Å². The van der Waals surface area contributed by atoms with Crippen molar-refractivity contribution in [3.63, 3.8) is 0 Å². The molecule has 4 aliphatic rings. The molecular formula is C20H23N3O4. The van der Waals surface area contributed by atoms with Gasteiger partial charge in [-0.05, 0) is 43.7 Å². The maximum absolute atomic E-state index is 12.9. The van der Waals surface area contributed by atoms with Gasteiger partial charge in [0.2, 0.25) is 11.8 Å². The van der Waals surface area contributed by atoms with Gasteiger partial charge in [0.05, 0.1) is 24.6 Å². The van der Waals surface area contributed by atoms with Crippen molar-refractivity contribution in [1.82, 2.24) is 10.2 Å². The van der Waals surface area contributed by atoms with Gasteiger partial charge in [0.25, 0.3) is 0 Å². The summed E-state index contributed by atoms with van der Waals surface area (Å²) in [6.45, 7) is 1.66. The van der Waals surface area contributed by atoms with Crippen molar-refractivity contribution in [2.75, 3.05) is 12.4 Å². The van der Waals surface area contributed by atoms with Crippen molar-refractivity contribution in [3.8, 4) is 5.75 Å². The number of carbonyl (C=O) groups excluding carboxylic acids is 3. The van der Waals surface area contributed by atoms with E-state index in [4.69, 9.17) is 4.74 Å². The maximum Gasteiger partial charge on any atom is 0.320 e. The van der Waals surface area contributed by atoms with E-state index in [1.54, 1.807) is 31.2 Å². The van der Waals surface area contributed by atoms with Crippen LogP contribution in [-0.4, -0.2) is 36.0 Å². The third-order valence-electron chi connectivity index (χ3n) is 5.88. The summed E-state index contributed by atoms with van der Waals surface area (Å²) < 4.78 is 5.21. The Kier molecular flexibility index (Phi) is 4.37. The van der Waals surface area contributed by atoms with Gasteiger partial charge in [0, 0.05) is 0 Å². The van der Waals surface area contributed by atoms with Crippen LogP contribution in [0.3, 0.4) is 0 Å². The van der Waals surface area contributed by atoms with E-state index in [-0.39, 0.29) is 35.5 Å². The Labute approximate surface area is 157 Å². The van der Waals surface area contributed by atoms with Crippen LogP contribution >= 0.6 is 0 Å². The molecule has 7 heteroatoms. The summed E-state index contributed by atoms with van der Waals surface area (Å²) in [6, 6.07) is 6.54. The Morgan fingerprint density at radius 2 is 1.70 bits per heavy atom. The zero-order valence-corrected chi connectivity index (χ0v) is 15.3. The zero-order valence-electron chi connectivity index (χ0n) is 15.3. The molecule has 142 valence electrons. The smallest absolute Gasteiger partial charge is 0.320 e. The quantitative estimate of drug-likeness (QED) is 0.630. The lowest BCUT2D eigenvalue weighted by Crippen LogP contribution is -2.50. The van der Waals surface area contributed by atoms with Gasteiger partial charge in [0.1, 0.15) is 11.9 Å².